The molecule has 1 heterocycles. The summed E-state index contributed by atoms with van der Waals surface area (Å²) in [6, 6.07) is 17.0. The predicted octanol–water partition coefficient (Wildman–Crippen LogP) is 2.17. The predicted molar refractivity (Wildman–Crippen MR) is 87.1 cm³/mol. The van der Waals surface area contributed by atoms with Gasteiger partial charge in [0.15, 0.2) is 0 Å². The number of carbonyl (C=O) groups excluding carboxylic acids is 2. The van der Waals surface area contributed by atoms with Gasteiger partial charge < -0.3 is 5.11 Å². The lowest BCUT2D eigenvalue weighted by Gasteiger charge is -2.29. The Kier molecular flexibility index (Phi) is 4.41. The molecule has 24 heavy (non-hydrogen) atoms. The van der Waals surface area contributed by atoms with Gasteiger partial charge in [-0.3, -0.25) is 14.5 Å². The lowest BCUT2D eigenvalue weighted by Crippen LogP contribution is -2.48. The molecule has 1 unspecified atom stereocenters. The maximum atomic E-state index is 12.7. The highest BCUT2D eigenvalue weighted by Gasteiger charge is 2.42. The molecule has 2 aromatic carbocycles. The number of nitrogens with zero attached hydrogens (tertiary/aromatic N) is 2. The number of nitriles is 1. The van der Waals surface area contributed by atoms with Crippen LogP contribution in [0.15, 0.2) is 54.6 Å². The number of fused-ring (bicyclic) bond motifs is 1. The van der Waals surface area contributed by atoms with E-state index in [0.29, 0.717) is 17.5 Å². The molecule has 2 amide bonds. The molecule has 0 fully saturated rings. The minimum absolute atomic E-state index is 0.148. The minimum atomic E-state index is -1.10. The first kappa shape index (κ1) is 15.9. The fourth-order valence-corrected chi connectivity index (χ4v) is 2.99. The van der Waals surface area contributed by atoms with Crippen LogP contribution in [-0.2, 0) is 6.42 Å². The van der Waals surface area contributed by atoms with Gasteiger partial charge in [0.2, 0.25) is 0 Å². The molecule has 5 heteroatoms. The average Bonchev–Trinajstić information content (AvgIpc) is 2.86. The lowest BCUT2D eigenvalue weighted by atomic mass is 9.98. The van der Waals surface area contributed by atoms with Gasteiger partial charge in [0.05, 0.1) is 35.8 Å². The SMILES string of the molecule is N#CCC(O)[C@H](Cc1ccccc1)N1C(=O)c2ccccc2C1=O. The highest BCUT2D eigenvalue weighted by molar-refractivity contribution is 6.21. The van der Waals surface area contributed by atoms with Crippen LogP contribution < -0.4 is 0 Å². The van der Waals surface area contributed by atoms with Gasteiger partial charge in [0.1, 0.15) is 0 Å². The van der Waals surface area contributed by atoms with Gasteiger partial charge in [0, 0.05) is 0 Å². The van der Waals surface area contributed by atoms with E-state index in [1.165, 1.54) is 0 Å². The highest BCUT2D eigenvalue weighted by atomic mass is 16.3. The van der Waals surface area contributed by atoms with Crippen LogP contribution in [-0.4, -0.2) is 34.0 Å². The molecular weight excluding hydrogens is 304 g/mol. The van der Waals surface area contributed by atoms with E-state index in [-0.39, 0.29) is 6.42 Å². The fraction of sp³-hybridized carbons (Fsp3) is 0.211. The second kappa shape index (κ2) is 6.65. The first-order chi connectivity index (χ1) is 11.6. The maximum Gasteiger partial charge on any atom is 0.261 e. The van der Waals surface area contributed by atoms with Crippen molar-refractivity contribution in [1.29, 1.82) is 5.26 Å². The topological polar surface area (TPSA) is 81.4 Å². The van der Waals surface area contributed by atoms with E-state index in [0.717, 1.165) is 10.5 Å². The molecule has 0 aromatic heterocycles. The normalized spacial score (nSPS) is 15.8. The Bertz CT molecular complexity index is 776. The molecule has 1 N–H and O–H groups in total. The van der Waals surface area contributed by atoms with Gasteiger partial charge in [-0.05, 0) is 24.1 Å². The molecule has 1 aliphatic rings. The Labute approximate surface area is 139 Å². The van der Waals surface area contributed by atoms with E-state index in [1.807, 2.05) is 36.4 Å². The third-order valence-electron chi connectivity index (χ3n) is 4.19. The van der Waals surface area contributed by atoms with Crippen molar-refractivity contribution in [2.45, 2.75) is 25.0 Å². The molecule has 120 valence electrons. The summed E-state index contributed by atoms with van der Waals surface area (Å²) < 4.78 is 0. The fourth-order valence-electron chi connectivity index (χ4n) is 2.99. The maximum absolute atomic E-state index is 12.7. The van der Waals surface area contributed by atoms with Gasteiger partial charge >= 0.3 is 0 Å². The number of aliphatic hydroxyl groups excluding tert-OH is 1. The monoisotopic (exact) mass is 320 g/mol. The zero-order valence-electron chi connectivity index (χ0n) is 12.9. The van der Waals surface area contributed by atoms with E-state index in [1.54, 1.807) is 24.3 Å². The summed E-state index contributed by atoms with van der Waals surface area (Å²) in [4.78, 5) is 26.4. The van der Waals surface area contributed by atoms with Crippen LogP contribution in [0.1, 0.15) is 32.7 Å². The minimum Gasteiger partial charge on any atom is -0.390 e. The Morgan fingerprint density at radius 2 is 1.50 bits per heavy atom. The quantitative estimate of drug-likeness (QED) is 0.856. The van der Waals surface area contributed by atoms with Crippen molar-refractivity contribution in [2.75, 3.05) is 0 Å². The van der Waals surface area contributed by atoms with Crippen molar-refractivity contribution >= 4 is 11.8 Å². The van der Waals surface area contributed by atoms with Gasteiger partial charge in [0.25, 0.3) is 11.8 Å². The van der Waals surface area contributed by atoms with Crippen molar-refractivity contribution in [3.05, 3.63) is 71.3 Å². The molecule has 0 saturated carbocycles. The second-order valence-corrected chi connectivity index (χ2v) is 5.71. The van der Waals surface area contributed by atoms with Gasteiger partial charge in [-0.2, -0.15) is 5.26 Å². The molecule has 0 aliphatic carbocycles. The van der Waals surface area contributed by atoms with Crippen molar-refractivity contribution in [3.63, 3.8) is 0 Å². The van der Waals surface area contributed by atoms with Crippen molar-refractivity contribution in [3.8, 4) is 6.07 Å². The largest absolute Gasteiger partial charge is 0.390 e. The molecule has 5 nitrogen and oxygen atoms in total. The van der Waals surface area contributed by atoms with Crippen LogP contribution in [0, 0.1) is 11.3 Å². The van der Waals surface area contributed by atoms with Crippen molar-refractivity contribution in [1.82, 2.24) is 4.90 Å². The number of aliphatic hydroxyl groups is 1. The van der Waals surface area contributed by atoms with Crippen LogP contribution in [0.2, 0.25) is 0 Å². The summed E-state index contributed by atoms with van der Waals surface area (Å²) >= 11 is 0. The summed E-state index contributed by atoms with van der Waals surface area (Å²) in [6.07, 6.45) is -0.947. The number of hydrogen-bond donors (Lipinski definition) is 1. The third-order valence-corrected chi connectivity index (χ3v) is 4.19. The zero-order valence-corrected chi connectivity index (χ0v) is 12.9. The number of carbonyl (C=O) groups is 2. The number of benzene rings is 2. The van der Waals surface area contributed by atoms with Gasteiger partial charge in [-0.25, -0.2) is 0 Å². The average molecular weight is 320 g/mol. The molecule has 2 aromatic rings. The second-order valence-electron chi connectivity index (χ2n) is 5.71. The molecule has 1 aliphatic heterocycles. The molecular formula is C19H16N2O3. The number of imide groups is 1. The summed E-state index contributed by atoms with van der Waals surface area (Å²) in [5, 5.41) is 19.3. The molecule has 0 radical (unpaired) electrons. The summed E-state index contributed by atoms with van der Waals surface area (Å²) in [5.74, 6) is -0.845. The van der Waals surface area contributed by atoms with Crippen LogP contribution in [0.4, 0.5) is 0 Å². The van der Waals surface area contributed by atoms with E-state index in [9.17, 15) is 14.7 Å². The Hall–Kier alpha value is -2.97. The van der Waals surface area contributed by atoms with Crippen LogP contribution in [0.25, 0.3) is 0 Å². The Balaban J connectivity index is 1.96. The zero-order chi connectivity index (χ0) is 17.1. The first-order valence-electron chi connectivity index (χ1n) is 7.69. The van der Waals surface area contributed by atoms with Crippen molar-refractivity contribution in [2.24, 2.45) is 0 Å². The van der Waals surface area contributed by atoms with E-state index in [4.69, 9.17) is 5.26 Å². The lowest BCUT2D eigenvalue weighted by molar-refractivity contribution is 0.0350. The van der Waals surface area contributed by atoms with Crippen LogP contribution >= 0.6 is 0 Å². The van der Waals surface area contributed by atoms with Crippen molar-refractivity contribution < 1.29 is 14.7 Å². The third kappa shape index (κ3) is 2.80. The van der Waals surface area contributed by atoms with Gasteiger partial charge in [-0.1, -0.05) is 42.5 Å². The molecule has 2 atom stereocenters. The van der Waals surface area contributed by atoms with Gasteiger partial charge in [-0.15, -0.1) is 0 Å². The first-order valence-corrected chi connectivity index (χ1v) is 7.69. The van der Waals surface area contributed by atoms with Crippen LogP contribution in [0.3, 0.4) is 0 Å². The smallest absolute Gasteiger partial charge is 0.261 e. The highest BCUT2D eigenvalue weighted by Crippen LogP contribution is 2.27. The number of rotatable bonds is 5. The Morgan fingerprint density at radius 3 is 2.04 bits per heavy atom. The summed E-state index contributed by atoms with van der Waals surface area (Å²) in [7, 11) is 0. The summed E-state index contributed by atoms with van der Waals surface area (Å²) in [6.45, 7) is 0. The molecule has 0 saturated heterocycles. The van der Waals surface area contributed by atoms with E-state index >= 15 is 0 Å². The summed E-state index contributed by atoms with van der Waals surface area (Å²) in [5.41, 5.74) is 1.56. The number of amides is 2. The van der Waals surface area contributed by atoms with Crippen LogP contribution in [0.5, 0.6) is 0 Å². The van der Waals surface area contributed by atoms with E-state index in [2.05, 4.69) is 0 Å². The van der Waals surface area contributed by atoms with E-state index < -0.39 is 24.0 Å². The molecule has 0 bridgehead atoms. The molecule has 0 spiro atoms. The number of hydrogen-bond acceptors (Lipinski definition) is 4. The standard InChI is InChI=1S/C19H16N2O3/c20-11-10-17(22)16(12-13-6-2-1-3-7-13)21-18(23)14-8-4-5-9-15(14)19(21)24/h1-9,16-17,22H,10,12H2/t16-,17?/m0/s1. The Morgan fingerprint density at radius 1 is 0.958 bits per heavy atom. The molecule has 3 rings (SSSR count).